The van der Waals surface area contributed by atoms with Crippen molar-refractivity contribution in [2.45, 2.75) is 19.9 Å². The Morgan fingerprint density at radius 3 is 2.29 bits per heavy atom. The highest BCUT2D eigenvalue weighted by Crippen LogP contribution is 2.45. The van der Waals surface area contributed by atoms with Gasteiger partial charge in [0.2, 0.25) is 0 Å². The first kappa shape index (κ1) is 23.4. The molecule has 34 heavy (non-hydrogen) atoms. The number of amides is 1. The summed E-state index contributed by atoms with van der Waals surface area (Å²) >= 11 is 6.23. The molecule has 1 unspecified atom stereocenters. The number of para-hydroxylation sites is 1. The molecule has 0 saturated carbocycles. The van der Waals surface area contributed by atoms with Crippen molar-refractivity contribution < 1.29 is 24.2 Å². The molecule has 1 amide bonds. The number of methoxy groups -OCH3 is 2. The maximum absolute atomic E-state index is 13.4. The maximum atomic E-state index is 13.4. The minimum absolute atomic E-state index is 0.0403. The number of aryl methyl sites for hydroxylation is 2. The number of rotatable bonds is 5. The van der Waals surface area contributed by atoms with Gasteiger partial charge in [-0.2, -0.15) is 0 Å². The van der Waals surface area contributed by atoms with Crippen molar-refractivity contribution in [3.63, 3.8) is 0 Å². The summed E-state index contributed by atoms with van der Waals surface area (Å²) in [5.41, 5.74) is 3.23. The molecule has 0 aromatic heterocycles. The first-order valence-corrected chi connectivity index (χ1v) is 11.0. The lowest BCUT2D eigenvalue weighted by Crippen LogP contribution is -2.30. The van der Waals surface area contributed by atoms with Crippen LogP contribution in [0.1, 0.15) is 28.3 Å². The molecule has 1 atom stereocenters. The average molecular weight is 478 g/mol. The van der Waals surface area contributed by atoms with Crippen LogP contribution in [0.3, 0.4) is 0 Å². The molecule has 1 aliphatic heterocycles. The summed E-state index contributed by atoms with van der Waals surface area (Å²) < 4.78 is 10.7. The van der Waals surface area contributed by atoms with E-state index >= 15 is 0 Å². The molecule has 1 heterocycles. The van der Waals surface area contributed by atoms with E-state index in [2.05, 4.69) is 0 Å². The summed E-state index contributed by atoms with van der Waals surface area (Å²) in [4.78, 5) is 28.2. The fourth-order valence-electron chi connectivity index (χ4n) is 4.26. The maximum Gasteiger partial charge on any atom is 0.300 e. The number of hydrogen-bond donors (Lipinski definition) is 1. The first-order chi connectivity index (χ1) is 16.3. The number of aliphatic hydroxyl groups excluding tert-OH is 1. The van der Waals surface area contributed by atoms with Gasteiger partial charge >= 0.3 is 0 Å². The number of aliphatic hydroxyl groups is 1. The molecule has 6 nitrogen and oxygen atoms in total. The van der Waals surface area contributed by atoms with Gasteiger partial charge in [0.05, 0.1) is 36.4 Å². The highest BCUT2D eigenvalue weighted by Gasteiger charge is 2.47. The predicted molar refractivity (Wildman–Crippen MR) is 132 cm³/mol. The molecule has 0 spiro atoms. The molecule has 0 bridgehead atoms. The lowest BCUT2D eigenvalue weighted by molar-refractivity contribution is -0.132. The minimum Gasteiger partial charge on any atom is -0.507 e. The highest BCUT2D eigenvalue weighted by atomic mass is 35.5. The van der Waals surface area contributed by atoms with Crippen molar-refractivity contribution in [1.82, 2.24) is 0 Å². The van der Waals surface area contributed by atoms with E-state index in [1.54, 1.807) is 6.07 Å². The molecule has 0 radical (unpaired) electrons. The van der Waals surface area contributed by atoms with Crippen LogP contribution in [-0.4, -0.2) is 31.0 Å². The van der Waals surface area contributed by atoms with Gasteiger partial charge in [-0.05, 0) is 37.1 Å². The van der Waals surface area contributed by atoms with Crippen LogP contribution < -0.4 is 14.4 Å². The van der Waals surface area contributed by atoms with Crippen LogP contribution in [-0.2, 0) is 9.59 Å². The molecule has 174 valence electrons. The summed E-state index contributed by atoms with van der Waals surface area (Å²) in [5.74, 6) is -1.34. The summed E-state index contributed by atoms with van der Waals surface area (Å²) in [7, 11) is 2.88. The molecule has 1 aliphatic rings. The Morgan fingerprint density at radius 2 is 1.65 bits per heavy atom. The molecule has 3 aromatic carbocycles. The average Bonchev–Trinajstić information content (AvgIpc) is 3.09. The molecule has 3 aromatic rings. The van der Waals surface area contributed by atoms with E-state index in [0.717, 1.165) is 11.1 Å². The van der Waals surface area contributed by atoms with Crippen LogP contribution in [0.2, 0.25) is 5.02 Å². The Bertz CT molecular complexity index is 1330. The van der Waals surface area contributed by atoms with Crippen molar-refractivity contribution in [1.29, 1.82) is 0 Å². The van der Waals surface area contributed by atoms with Crippen LogP contribution in [0.4, 0.5) is 5.69 Å². The van der Waals surface area contributed by atoms with Gasteiger partial charge in [-0.15, -0.1) is 0 Å². The van der Waals surface area contributed by atoms with E-state index in [9.17, 15) is 14.7 Å². The molecule has 0 aliphatic carbocycles. The van der Waals surface area contributed by atoms with Crippen molar-refractivity contribution in [2.24, 2.45) is 0 Å². The Balaban J connectivity index is 2.03. The molecular formula is C27H24ClNO5. The summed E-state index contributed by atoms with van der Waals surface area (Å²) in [5, 5.41) is 11.8. The van der Waals surface area contributed by atoms with Gasteiger partial charge in [0.25, 0.3) is 11.7 Å². The van der Waals surface area contributed by atoms with Gasteiger partial charge < -0.3 is 14.6 Å². The molecular weight excluding hydrogens is 454 g/mol. The second kappa shape index (κ2) is 9.23. The summed E-state index contributed by atoms with van der Waals surface area (Å²) in [6, 6.07) is 17.0. The Morgan fingerprint density at radius 1 is 0.941 bits per heavy atom. The Kier molecular flexibility index (Phi) is 6.35. The monoisotopic (exact) mass is 477 g/mol. The first-order valence-electron chi connectivity index (χ1n) is 10.6. The number of Topliss-reactive ketones (excluding diaryl/α,β-unsaturated/α-hetero) is 1. The predicted octanol–water partition coefficient (Wildman–Crippen LogP) is 5.60. The lowest BCUT2D eigenvalue weighted by Gasteiger charge is -2.27. The number of nitrogens with zero attached hydrogens (tertiary/aromatic N) is 1. The number of anilines is 1. The van der Waals surface area contributed by atoms with Crippen LogP contribution in [0.25, 0.3) is 5.76 Å². The number of carbonyl (C=O) groups excluding carboxylic acids is 2. The molecule has 1 N–H and O–H groups in total. The number of halogens is 1. The Hall–Kier alpha value is -3.77. The van der Waals surface area contributed by atoms with Gasteiger partial charge in [-0.1, -0.05) is 59.6 Å². The van der Waals surface area contributed by atoms with E-state index in [4.69, 9.17) is 21.1 Å². The second-order valence-electron chi connectivity index (χ2n) is 8.06. The van der Waals surface area contributed by atoms with Crippen LogP contribution in [0, 0.1) is 13.8 Å². The molecule has 4 rings (SSSR count). The van der Waals surface area contributed by atoms with Crippen LogP contribution in [0.5, 0.6) is 11.5 Å². The minimum atomic E-state index is -0.840. The van der Waals surface area contributed by atoms with Crippen molar-refractivity contribution in [3.8, 4) is 11.5 Å². The second-order valence-corrected chi connectivity index (χ2v) is 8.46. The summed E-state index contributed by atoms with van der Waals surface area (Å²) in [6.45, 7) is 3.80. The van der Waals surface area contributed by atoms with E-state index in [-0.39, 0.29) is 27.7 Å². The van der Waals surface area contributed by atoms with Gasteiger partial charge in [-0.3, -0.25) is 14.5 Å². The fraction of sp³-hybridized carbons (Fsp3) is 0.185. The number of carbonyl (C=O) groups is 2. The smallest absolute Gasteiger partial charge is 0.300 e. The third-order valence-electron chi connectivity index (χ3n) is 5.91. The van der Waals surface area contributed by atoms with Crippen LogP contribution >= 0.6 is 11.6 Å². The zero-order chi connectivity index (χ0) is 24.6. The molecule has 7 heteroatoms. The largest absolute Gasteiger partial charge is 0.507 e. The lowest BCUT2D eigenvalue weighted by atomic mass is 9.93. The highest BCUT2D eigenvalue weighted by molar-refractivity contribution is 6.51. The topological polar surface area (TPSA) is 76.1 Å². The molecule has 1 saturated heterocycles. The van der Waals surface area contributed by atoms with E-state index in [1.165, 1.54) is 31.3 Å². The molecule has 1 fully saturated rings. The van der Waals surface area contributed by atoms with Crippen molar-refractivity contribution >= 4 is 34.7 Å². The zero-order valence-electron chi connectivity index (χ0n) is 19.3. The summed E-state index contributed by atoms with van der Waals surface area (Å²) in [6.07, 6.45) is 0. The van der Waals surface area contributed by atoms with Gasteiger partial charge in [0, 0.05) is 11.8 Å². The SMILES string of the molecule is COc1cc(/C(O)=C2\C(=O)C(=O)N(c3ccccc3C)C2c2cccc(C)c2)c(OC)cc1Cl. The van der Waals surface area contributed by atoms with Crippen molar-refractivity contribution in [2.75, 3.05) is 19.1 Å². The third kappa shape index (κ3) is 3.90. The number of hydrogen-bond acceptors (Lipinski definition) is 5. The van der Waals surface area contributed by atoms with Gasteiger partial charge in [0.1, 0.15) is 17.3 Å². The zero-order valence-corrected chi connectivity index (χ0v) is 20.0. The van der Waals surface area contributed by atoms with E-state index in [1.807, 2.05) is 56.3 Å². The number of benzene rings is 3. The standard InChI is InChI=1S/C27H24ClNO5/c1-15-8-7-10-17(12-15)24-23(25(30)18-13-22(34-4)19(28)14-21(18)33-3)26(31)27(32)29(24)20-11-6-5-9-16(20)2/h5-14,24,30H,1-4H3/b25-23+. The van der Waals surface area contributed by atoms with E-state index in [0.29, 0.717) is 17.0 Å². The Labute approximate surface area is 203 Å². The third-order valence-corrected chi connectivity index (χ3v) is 6.20. The quantitative estimate of drug-likeness (QED) is 0.294. The van der Waals surface area contributed by atoms with Gasteiger partial charge in [0.15, 0.2) is 0 Å². The fourth-order valence-corrected chi connectivity index (χ4v) is 4.49. The number of ether oxygens (including phenoxy) is 2. The van der Waals surface area contributed by atoms with Crippen LogP contribution in [0.15, 0.2) is 66.2 Å². The number of ketones is 1. The van der Waals surface area contributed by atoms with Crippen molar-refractivity contribution in [3.05, 3.63) is 93.5 Å². The normalized spacial score (nSPS) is 17.2. The van der Waals surface area contributed by atoms with Gasteiger partial charge in [-0.25, -0.2) is 0 Å². The van der Waals surface area contributed by atoms with E-state index < -0.39 is 17.7 Å².